The maximum atomic E-state index is 12.6. The lowest BCUT2D eigenvalue weighted by Crippen LogP contribution is -2.41. The molecular formula is C16H24N4O3S. The van der Waals surface area contributed by atoms with Crippen LogP contribution in [-0.2, 0) is 14.8 Å². The molecule has 1 unspecified atom stereocenters. The number of nitrogens with two attached hydrogens (primary N) is 1. The van der Waals surface area contributed by atoms with Gasteiger partial charge in [0.05, 0.1) is 5.92 Å². The number of amides is 1. The van der Waals surface area contributed by atoms with Gasteiger partial charge in [-0.3, -0.25) is 4.79 Å². The SMILES string of the molecule is NC(=O)C1CCCN(c2ccc(S(=O)(=O)N3CCCCC3)cn2)C1. The summed E-state index contributed by atoms with van der Waals surface area (Å²) in [7, 11) is -3.46. The summed E-state index contributed by atoms with van der Waals surface area (Å²) in [6, 6.07) is 3.33. The van der Waals surface area contributed by atoms with E-state index in [2.05, 4.69) is 4.98 Å². The molecule has 0 aromatic carbocycles. The standard InChI is InChI=1S/C16H24N4O3S/c17-16(21)13-5-4-8-19(12-13)15-7-6-14(11-18-15)24(22,23)20-9-2-1-3-10-20/h6-7,11,13H,1-5,8-10,12H2,(H2,17,21). The van der Waals surface area contributed by atoms with Crippen LogP contribution in [0, 0.1) is 5.92 Å². The van der Waals surface area contributed by atoms with E-state index in [1.807, 2.05) is 4.90 Å². The number of rotatable bonds is 4. The minimum absolute atomic E-state index is 0.169. The molecule has 2 aliphatic rings. The average molecular weight is 352 g/mol. The Morgan fingerprint density at radius 1 is 1.12 bits per heavy atom. The largest absolute Gasteiger partial charge is 0.369 e. The van der Waals surface area contributed by atoms with Gasteiger partial charge in [0.15, 0.2) is 0 Å². The molecule has 1 aromatic heterocycles. The maximum absolute atomic E-state index is 12.6. The van der Waals surface area contributed by atoms with Gasteiger partial charge in [-0.2, -0.15) is 4.31 Å². The van der Waals surface area contributed by atoms with Crippen molar-refractivity contribution in [2.24, 2.45) is 11.7 Å². The van der Waals surface area contributed by atoms with Gasteiger partial charge in [0.2, 0.25) is 15.9 Å². The number of pyridine rings is 1. The highest BCUT2D eigenvalue weighted by molar-refractivity contribution is 7.89. The van der Waals surface area contributed by atoms with Crippen LogP contribution in [0.5, 0.6) is 0 Å². The molecule has 2 N–H and O–H groups in total. The highest BCUT2D eigenvalue weighted by atomic mass is 32.2. The second kappa shape index (κ2) is 7.06. The number of hydrogen-bond donors (Lipinski definition) is 1. The Labute approximate surface area is 142 Å². The lowest BCUT2D eigenvalue weighted by atomic mass is 9.97. The molecule has 7 nitrogen and oxygen atoms in total. The normalized spacial score (nSPS) is 23.2. The summed E-state index contributed by atoms with van der Waals surface area (Å²) >= 11 is 0. The van der Waals surface area contributed by atoms with Crippen LogP contribution < -0.4 is 10.6 Å². The molecule has 1 atom stereocenters. The summed E-state index contributed by atoms with van der Waals surface area (Å²) < 4.78 is 26.8. The van der Waals surface area contributed by atoms with E-state index in [-0.39, 0.29) is 16.7 Å². The fourth-order valence-electron chi connectivity index (χ4n) is 3.38. The van der Waals surface area contributed by atoms with Crippen LogP contribution in [-0.4, -0.2) is 49.8 Å². The van der Waals surface area contributed by atoms with E-state index < -0.39 is 10.0 Å². The van der Waals surface area contributed by atoms with Crippen LogP contribution in [0.15, 0.2) is 23.2 Å². The van der Waals surface area contributed by atoms with Gasteiger partial charge in [-0.15, -0.1) is 0 Å². The molecule has 1 amide bonds. The molecule has 3 heterocycles. The third-order valence-corrected chi connectivity index (χ3v) is 6.70. The minimum atomic E-state index is -3.46. The predicted octanol–water partition coefficient (Wildman–Crippen LogP) is 0.958. The first-order chi connectivity index (χ1) is 11.5. The third-order valence-electron chi connectivity index (χ3n) is 4.82. The van der Waals surface area contributed by atoms with E-state index in [0.717, 1.165) is 38.6 Å². The summed E-state index contributed by atoms with van der Waals surface area (Å²) in [6.45, 7) is 2.50. The van der Waals surface area contributed by atoms with Gasteiger partial charge in [0, 0.05) is 32.4 Å². The van der Waals surface area contributed by atoms with E-state index in [1.54, 1.807) is 12.1 Å². The minimum Gasteiger partial charge on any atom is -0.369 e. The Kier molecular flexibility index (Phi) is 5.05. The smallest absolute Gasteiger partial charge is 0.244 e. The molecule has 8 heteroatoms. The third kappa shape index (κ3) is 3.54. The van der Waals surface area contributed by atoms with Gasteiger partial charge in [0.25, 0.3) is 0 Å². The van der Waals surface area contributed by atoms with E-state index in [4.69, 9.17) is 5.73 Å². The maximum Gasteiger partial charge on any atom is 0.244 e. The number of carbonyl (C=O) groups is 1. The molecule has 0 bridgehead atoms. The molecule has 3 rings (SSSR count). The van der Waals surface area contributed by atoms with Gasteiger partial charge in [-0.1, -0.05) is 6.42 Å². The molecule has 2 saturated heterocycles. The van der Waals surface area contributed by atoms with Crippen LogP contribution in [0.4, 0.5) is 5.82 Å². The van der Waals surface area contributed by atoms with Crippen molar-refractivity contribution in [3.05, 3.63) is 18.3 Å². The van der Waals surface area contributed by atoms with E-state index >= 15 is 0 Å². The number of anilines is 1. The first kappa shape index (κ1) is 17.2. The van der Waals surface area contributed by atoms with Gasteiger partial charge < -0.3 is 10.6 Å². The van der Waals surface area contributed by atoms with E-state index in [9.17, 15) is 13.2 Å². The fourth-order valence-corrected chi connectivity index (χ4v) is 4.85. The second-order valence-electron chi connectivity index (χ2n) is 6.50. The number of hydrogen-bond acceptors (Lipinski definition) is 5. The van der Waals surface area contributed by atoms with Gasteiger partial charge in [-0.25, -0.2) is 13.4 Å². The summed E-state index contributed by atoms with van der Waals surface area (Å²) in [6.07, 6.45) is 6.00. The van der Waals surface area contributed by atoms with Crippen molar-refractivity contribution in [2.75, 3.05) is 31.1 Å². The zero-order valence-electron chi connectivity index (χ0n) is 13.7. The highest BCUT2D eigenvalue weighted by Gasteiger charge is 2.28. The number of piperidine rings is 2. The molecule has 1 aromatic rings. The molecule has 2 aliphatic heterocycles. The lowest BCUT2D eigenvalue weighted by Gasteiger charge is -2.32. The number of aromatic nitrogens is 1. The summed E-state index contributed by atoms with van der Waals surface area (Å²) in [4.78, 5) is 17.9. The van der Waals surface area contributed by atoms with Crippen molar-refractivity contribution < 1.29 is 13.2 Å². The van der Waals surface area contributed by atoms with E-state index in [1.165, 1.54) is 10.5 Å². The van der Waals surface area contributed by atoms with Crippen molar-refractivity contribution >= 4 is 21.7 Å². The molecule has 132 valence electrons. The number of carbonyl (C=O) groups excluding carboxylic acids is 1. The van der Waals surface area contributed by atoms with Crippen LogP contribution >= 0.6 is 0 Å². The molecule has 0 aliphatic carbocycles. The zero-order valence-corrected chi connectivity index (χ0v) is 14.5. The van der Waals surface area contributed by atoms with Gasteiger partial charge in [-0.05, 0) is 37.8 Å². The Balaban J connectivity index is 1.74. The van der Waals surface area contributed by atoms with E-state index in [0.29, 0.717) is 25.5 Å². The molecule has 2 fully saturated rings. The van der Waals surface area contributed by atoms with Gasteiger partial charge >= 0.3 is 0 Å². The van der Waals surface area contributed by atoms with Crippen molar-refractivity contribution in [2.45, 2.75) is 37.0 Å². The topological polar surface area (TPSA) is 96.6 Å². The Hall–Kier alpha value is -1.67. The van der Waals surface area contributed by atoms with Crippen molar-refractivity contribution in [1.29, 1.82) is 0 Å². The first-order valence-electron chi connectivity index (χ1n) is 8.49. The fraction of sp³-hybridized carbons (Fsp3) is 0.625. The van der Waals surface area contributed by atoms with Crippen LogP contribution in [0.2, 0.25) is 0 Å². The zero-order chi connectivity index (χ0) is 17.2. The summed E-state index contributed by atoms with van der Waals surface area (Å²) in [5.41, 5.74) is 5.40. The Bertz CT molecular complexity index is 684. The number of primary amides is 1. The van der Waals surface area contributed by atoms with Crippen LogP contribution in [0.1, 0.15) is 32.1 Å². The summed E-state index contributed by atoms with van der Waals surface area (Å²) in [5, 5.41) is 0. The van der Waals surface area contributed by atoms with Crippen LogP contribution in [0.3, 0.4) is 0 Å². The number of nitrogens with zero attached hydrogens (tertiary/aromatic N) is 3. The first-order valence-corrected chi connectivity index (χ1v) is 9.93. The number of sulfonamides is 1. The van der Waals surface area contributed by atoms with Crippen LogP contribution in [0.25, 0.3) is 0 Å². The molecule has 0 radical (unpaired) electrons. The monoisotopic (exact) mass is 352 g/mol. The molecular weight excluding hydrogens is 328 g/mol. The van der Waals surface area contributed by atoms with Crippen molar-refractivity contribution in [3.8, 4) is 0 Å². The second-order valence-corrected chi connectivity index (χ2v) is 8.44. The Morgan fingerprint density at radius 3 is 2.50 bits per heavy atom. The lowest BCUT2D eigenvalue weighted by molar-refractivity contribution is -0.122. The van der Waals surface area contributed by atoms with Gasteiger partial charge in [0.1, 0.15) is 10.7 Å². The van der Waals surface area contributed by atoms with Crippen molar-refractivity contribution in [1.82, 2.24) is 9.29 Å². The highest BCUT2D eigenvalue weighted by Crippen LogP contribution is 2.24. The molecule has 0 saturated carbocycles. The molecule has 24 heavy (non-hydrogen) atoms. The molecule has 0 spiro atoms. The average Bonchev–Trinajstić information content (AvgIpc) is 2.62. The van der Waals surface area contributed by atoms with Crippen molar-refractivity contribution in [3.63, 3.8) is 0 Å². The quantitative estimate of drug-likeness (QED) is 0.870. The summed E-state index contributed by atoms with van der Waals surface area (Å²) in [5.74, 6) is 0.236. The predicted molar refractivity (Wildman–Crippen MR) is 91.0 cm³/mol. The Morgan fingerprint density at radius 2 is 1.88 bits per heavy atom.